The SMILES string of the molecule is CC(CN)c1ccccc1.CCCC(=O)O. The van der Waals surface area contributed by atoms with Crippen LogP contribution < -0.4 is 5.73 Å². The summed E-state index contributed by atoms with van der Waals surface area (Å²) in [6.45, 7) is 4.70. The summed E-state index contributed by atoms with van der Waals surface area (Å²) < 4.78 is 0. The zero-order chi connectivity index (χ0) is 12.4. The van der Waals surface area contributed by atoms with Gasteiger partial charge in [0.25, 0.3) is 0 Å². The van der Waals surface area contributed by atoms with Crippen LogP contribution in [0.3, 0.4) is 0 Å². The maximum absolute atomic E-state index is 9.60. The van der Waals surface area contributed by atoms with Gasteiger partial charge >= 0.3 is 5.97 Å². The van der Waals surface area contributed by atoms with Gasteiger partial charge in [-0.1, -0.05) is 44.2 Å². The van der Waals surface area contributed by atoms with Gasteiger partial charge in [-0.05, 0) is 24.4 Å². The predicted octanol–water partition coefficient (Wildman–Crippen LogP) is 2.62. The summed E-state index contributed by atoms with van der Waals surface area (Å²) in [5.41, 5.74) is 6.83. The van der Waals surface area contributed by atoms with E-state index in [1.54, 1.807) is 0 Å². The number of hydrogen-bond acceptors (Lipinski definition) is 2. The molecule has 0 bridgehead atoms. The molecule has 1 rings (SSSR count). The quantitative estimate of drug-likeness (QED) is 0.824. The Hall–Kier alpha value is -1.35. The van der Waals surface area contributed by atoms with Crippen molar-refractivity contribution in [3.8, 4) is 0 Å². The van der Waals surface area contributed by atoms with Crippen molar-refractivity contribution >= 4 is 5.97 Å². The Morgan fingerprint density at radius 1 is 1.38 bits per heavy atom. The van der Waals surface area contributed by atoms with Crippen molar-refractivity contribution in [3.63, 3.8) is 0 Å². The molecule has 3 heteroatoms. The third-order valence-electron chi connectivity index (χ3n) is 2.19. The van der Waals surface area contributed by atoms with Crippen molar-refractivity contribution in [2.24, 2.45) is 5.73 Å². The standard InChI is InChI=1S/C9H13N.C4H8O2/c1-8(7-10)9-5-3-2-4-6-9;1-2-3-4(5)6/h2-6,8H,7,10H2,1H3;2-3H2,1H3,(H,5,6). The number of rotatable bonds is 4. The third kappa shape index (κ3) is 7.01. The summed E-state index contributed by atoms with van der Waals surface area (Å²) in [5.74, 6) is -0.223. The lowest BCUT2D eigenvalue weighted by Crippen LogP contribution is -2.08. The fourth-order valence-electron chi connectivity index (χ4n) is 1.13. The van der Waals surface area contributed by atoms with E-state index in [1.807, 2.05) is 25.1 Å². The molecule has 3 N–H and O–H groups in total. The highest BCUT2D eigenvalue weighted by Crippen LogP contribution is 2.11. The molecule has 1 unspecified atom stereocenters. The molecule has 1 aromatic carbocycles. The monoisotopic (exact) mass is 223 g/mol. The molecule has 0 radical (unpaired) electrons. The van der Waals surface area contributed by atoms with Crippen molar-refractivity contribution in [2.45, 2.75) is 32.6 Å². The van der Waals surface area contributed by atoms with Crippen molar-refractivity contribution < 1.29 is 9.90 Å². The van der Waals surface area contributed by atoms with Gasteiger partial charge in [-0.15, -0.1) is 0 Å². The van der Waals surface area contributed by atoms with Crippen LogP contribution in [0.1, 0.15) is 38.2 Å². The van der Waals surface area contributed by atoms with Gasteiger partial charge in [-0.2, -0.15) is 0 Å². The van der Waals surface area contributed by atoms with Crippen LogP contribution in [0.15, 0.2) is 30.3 Å². The number of carbonyl (C=O) groups is 1. The average molecular weight is 223 g/mol. The predicted molar refractivity (Wildman–Crippen MR) is 66.5 cm³/mol. The molecule has 16 heavy (non-hydrogen) atoms. The molecule has 0 amide bonds. The summed E-state index contributed by atoms with van der Waals surface area (Å²) in [6, 6.07) is 10.3. The number of nitrogens with two attached hydrogens (primary N) is 1. The maximum Gasteiger partial charge on any atom is 0.303 e. The van der Waals surface area contributed by atoms with E-state index in [4.69, 9.17) is 10.8 Å². The number of hydrogen-bond donors (Lipinski definition) is 2. The molecular weight excluding hydrogens is 202 g/mol. The summed E-state index contributed by atoms with van der Waals surface area (Å²) in [7, 11) is 0. The minimum absolute atomic E-state index is 0.292. The molecule has 0 saturated heterocycles. The second-order valence-corrected chi connectivity index (χ2v) is 3.69. The molecular formula is C13H21NO2. The molecule has 0 aliphatic heterocycles. The molecule has 0 saturated carbocycles. The molecule has 0 fully saturated rings. The van der Waals surface area contributed by atoms with E-state index in [1.165, 1.54) is 5.56 Å². The first-order chi connectivity index (χ1) is 7.61. The lowest BCUT2D eigenvalue weighted by molar-refractivity contribution is -0.137. The first-order valence-electron chi connectivity index (χ1n) is 5.58. The number of carboxylic acid groups (broad SMARTS) is 1. The largest absolute Gasteiger partial charge is 0.481 e. The Kier molecular flexibility index (Phi) is 8.17. The normalized spacial score (nSPS) is 11.2. The van der Waals surface area contributed by atoms with Crippen molar-refractivity contribution in [1.82, 2.24) is 0 Å². The molecule has 1 atom stereocenters. The zero-order valence-corrected chi connectivity index (χ0v) is 10.0. The first-order valence-corrected chi connectivity index (χ1v) is 5.58. The Morgan fingerprint density at radius 3 is 2.25 bits per heavy atom. The van der Waals surface area contributed by atoms with E-state index in [9.17, 15) is 4.79 Å². The van der Waals surface area contributed by atoms with E-state index in [-0.39, 0.29) is 0 Å². The van der Waals surface area contributed by atoms with Crippen LogP contribution in [0.5, 0.6) is 0 Å². The fourth-order valence-corrected chi connectivity index (χ4v) is 1.13. The minimum Gasteiger partial charge on any atom is -0.481 e. The Balaban J connectivity index is 0.000000325. The topological polar surface area (TPSA) is 63.3 Å². The van der Waals surface area contributed by atoms with Gasteiger partial charge < -0.3 is 10.8 Å². The van der Waals surface area contributed by atoms with Crippen LogP contribution in [-0.4, -0.2) is 17.6 Å². The second-order valence-electron chi connectivity index (χ2n) is 3.69. The maximum atomic E-state index is 9.60. The van der Waals surface area contributed by atoms with Crippen LogP contribution in [0.25, 0.3) is 0 Å². The van der Waals surface area contributed by atoms with Gasteiger partial charge in [0.1, 0.15) is 0 Å². The highest BCUT2D eigenvalue weighted by atomic mass is 16.4. The van der Waals surface area contributed by atoms with Crippen LogP contribution in [0, 0.1) is 0 Å². The Labute approximate surface area is 97.3 Å². The highest BCUT2D eigenvalue weighted by Gasteiger charge is 1.99. The molecule has 0 spiro atoms. The lowest BCUT2D eigenvalue weighted by Gasteiger charge is -2.06. The van der Waals surface area contributed by atoms with Crippen molar-refractivity contribution in [3.05, 3.63) is 35.9 Å². The van der Waals surface area contributed by atoms with Crippen LogP contribution in [0.2, 0.25) is 0 Å². The molecule has 0 aliphatic rings. The van der Waals surface area contributed by atoms with Gasteiger partial charge in [0, 0.05) is 6.42 Å². The smallest absolute Gasteiger partial charge is 0.303 e. The minimum atomic E-state index is -0.711. The molecule has 0 aliphatic carbocycles. The molecule has 3 nitrogen and oxygen atoms in total. The van der Waals surface area contributed by atoms with E-state index < -0.39 is 5.97 Å². The summed E-state index contributed by atoms with van der Waals surface area (Å²) in [6.07, 6.45) is 1.02. The first kappa shape index (κ1) is 14.6. The highest BCUT2D eigenvalue weighted by molar-refractivity contribution is 5.66. The summed E-state index contributed by atoms with van der Waals surface area (Å²) in [4.78, 5) is 9.60. The zero-order valence-electron chi connectivity index (χ0n) is 10.0. The van der Waals surface area contributed by atoms with Crippen molar-refractivity contribution in [1.29, 1.82) is 0 Å². The fraction of sp³-hybridized carbons (Fsp3) is 0.462. The number of carboxylic acids is 1. The van der Waals surface area contributed by atoms with Crippen LogP contribution >= 0.6 is 0 Å². The second kappa shape index (κ2) is 8.92. The van der Waals surface area contributed by atoms with E-state index in [0.717, 1.165) is 13.0 Å². The van der Waals surface area contributed by atoms with Crippen LogP contribution in [-0.2, 0) is 4.79 Å². The Morgan fingerprint density at radius 2 is 1.94 bits per heavy atom. The van der Waals surface area contributed by atoms with Gasteiger partial charge in [-0.25, -0.2) is 0 Å². The Bertz CT molecular complexity index is 285. The van der Waals surface area contributed by atoms with Gasteiger partial charge in [0.2, 0.25) is 0 Å². The molecule has 1 aromatic rings. The van der Waals surface area contributed by atoms with Crippen molar-refractivity contribution in [2.75, 3.05) is 6.54 Å². The van der Waals surface area contributed by atoms with E-state index in [2.05, 4.69) is 19.1 Å². The average Bonchev–Trinajstić information content (AvgIpc) is 2.30. The van der Waals surface area contributed by atoms with Gasteiger partial charge in [0.15, 0.2) is 0 Å². The third-order valence-corrected chi connectivity index (χ3v) is 2.19. The molecule has 0 heterocycles. The van der Waals surface area contributed by atoms with Crippen LogP contribution in [0.4, 0.5) is 0 Å². The number of aliphatic carboxylic acids is 1. The van der Waals surface area contributed by atoms with Gasteiger partial charge in [-0.3, -0.25) is 4.79 Å². The van der Waals surface area contributed by atoms with Gasteiger partial charge in [0.05, 0.1) is 0 Å². The summed E-state index contributed by atoms with van der Waals surface area (Å²) in [5, 5.41) is 7.91. The molecule has 0 aromatic heterocycles. The summed E-state index contributed by atoms with van der Waals surface area (Å²) >= 11 is 0. The van der Waals surface area contributed by atoms with E-state index in [0.29, 0.717) is 12.3 Å². The van der Waals surface area contributed by atoms with E-state index >= 15 is 0 Å². The lowest BCUT2D eigenvalue weighted by atomic mass is 10.0. The molecule has 90 valence electrons. The number of benzene rings is 1.